The zero-order valence-electron chi connectivity index (χ0n) is 15.3. The first-order chi connectivity index (χ1) is 13.1. The van der Waals surface area contributed by atoms with E-state index in [-0.39, 0.29) is 12.2 Å². The standard InChI is InChI=1S/C18H20FN3O4S2/c1-3-28(25,26)21-16-7-5-4-6-15(16)17-12-18(22(20-17)27(2,23)24)13-8-10-14(19)11-9-13/h4-11,18,21H,3,12H2,1-2H3/t18-/m0/s1. The van der Waals surface area contributed by atoms with Crippen molar-refractivity contribution >= 4 is 31.4 Å². The molecule has 0 aliphatic carbocycles. The van der Waals surface area contributed by atoms with Gasteiger partial charge in [0.2, 0.25) is 20.0 Å². The zero-order valence-corrected chi connectivity index (χ0v) is 17.0. The predicted octanol–water partition coefficient (Wildman–Crippen LogP) is 2.70. The van der Waals surface area contributed by atoms with E-state index in [1.54, 1.807) is 24.3 Å². The quantitative estimate of drug-likeness (QED) is 0.770. The highest BCUT2D eigenvalue weighted by molar-refractivity contribution is 7.92. The van der Waals surface area contributed by atoms with Crippen LogP contribution in [0.4, 0.5) is 10.1 Å². The molecule has 0 saturated heterocycles. The van der Waals surface area contributed by atoms with Crippen molar-refractivity contribution in [2.24, 2.45) is 5.10 Å². The van der Waals surface area contributed by atoms with Gasteiger partial charge in [-0.2, -0.15) is 9.52 Å². The normalized spacial score (nSPS) is 17.5. The van der Waals surface area contributed by atoms with Gasteiger partial charge >= 0.3 is 0 Å². The van der Waals surface area contributed by atoms with Gasteiger partial charge in [-0.15, -0.1) is 0 Å². The summed E-state index contributed by atoms with van der Waals surface area (Å²) in [5.41, 5.74) is 1.85. The number of benzene rings is 2. The van der Waals surface area contributed by atoms with Crippen LogP contribution in [0.2, 0.25) is 0 Å². The number of hydrogen-bond acceptors (Lipinski definition) is 5. The molecule has 2 aromatic rings. The van der Waals surface area contributed by atoms with Crippen molar-refractivity contribution in [2.45, 2.75) is 19.4 Å². The SMILES string of the molecule is CCS(=O)(=O)Nc1ccccc1C1=NN(S(C)(=O)=O)[C@H](c2ccc(F)cc2)C1. The Balaban J connectivity index is 2.03. The first-order valence-corrected chi connectivity index (χ1v) is 12.0. The van der Waals surface area contributed by atoms with Gasteiger partial charge in [0.15, 0.2) is 0 Å². The van der Waals surface area contributed by atoms with Crippen LogP contribution >= 0.6 is 0 Å². The summed E-state index contributed by atoms with van der Waals surface area (Å²) in [5, 5.41) is 4.26. The fourth-order valence-corrected chi connectivity index (χ4v) is 4.52. The summed E-state index contributed by atoms with van der Waals surface area (Å²) in [6.45, 7) is 1.52. The highest BCUT2D eigenvalue weighted by Gasteiger charge is 2.35. The maximum atomic E-state index is 13.3. The third-order valence-corrected chi connectivity index (χ3v) is 6.66. The molecule has 7 nitrogen and oxygen atoms in total. The van der Waals surface area contributed by atoms with E-state index in [4.69, 9.17) is 0 Å². The van der Waals surface area contributed by atoms with Gasteiger partial charge < -0.3 is 0 Å². The topological polar surface area (TPSA) is 95.9 Å². The van der Waals surface area contributed by atoms with Crippen LogP contribution in [0.15, 0.2) is 53.6 Å². The van der Waals surface area contributed by atoms with Crippen LogP contribution in [-0.4, -0.2) is 39.0 Å². The fourth-order valence-electron chi connectivity index (χ4n) is 2.95. The summed E-state index contributed by atoms with van der Waals surface area (Å²) < 4.78 is 65.2. The largest absolute Gasteiger partial charge is 0.283 e. The number of rotatable bonds is 6. The molecule has 150 valence electrons. The van der Waals surface area contributed by atoms with Crippen LogP contribution in [0.5, 0.6) is 0 Å². The monoisotopic (exact) mass is 425 g/mol. The predicted molar refractivity (Wildman–Crippen MR) is 107 cm³/mol. The van der Waals surface area contributed by atoms with E-state index in [9.17, 15) is 21.2 Å². The molecule has 1 aliphatic rings. The van der Waals surface area contributed by atoms with Crippen molar-refractivity contribution in [2.75, 3.05) is 16.7 Å². The maximum absolute atomic E-state index is 13.3. The van der Waals surface area contributed by atoms with Gasteiger partial charge in [0.1, 0.15) is 5.82 Å². The minimum atomic E-state index is -3.69. The lowest BCUT2D eigenvalue weighted by molar-refractivity contribution is 0.374. The van der Waals surface area contributed by atoms with Crippen molar-refractivity contribution in [3.8, 4) is 0 Å². The molecule has 0 fully saturated rings. The van der Waals surface area contributed by atoms with Gasteiger partial charge in [-0.3, -0.25) is 4.72 Å². The molecule has 10 heteroatoms. The summed E-state index contributed by atoms with van der Waals surface area (Å²) in [6.07, 6.45) is 1.27. The summed E-state index contributed by atoms with van der Waals surface area (Å²) in [7, 11) is -7.21. The van der Waals surface area contributed by atoms with Gasteiger partial charge in [-0.25, -0.2) is 21.2 Å². The number of hydrogen-bond donors (Lipinski definition) is 1. The molecule has 0 unspecified atom stereocenters. The second kappa shape index (κ2) is 7.51. The number of hydrazone groups is 1. The average molecular weight is 426 g/mol. The molecule has 1 heterocycles. The van der Waals surface area contributed by atoms with E-state index < -0.39 is 31.9 Å². The average Bonchev–Trinajstić information content (AvgIpc) is 3.08. The molecule has 0 radical (unpaired) electrons. The third kappa shape index (κ3) is 4.33. The van der Waals surface area contributed by atoms with Crippen molar-refractivity contribution in [1.82, 2.24) is 4.41 Å². The lowest BCUT2D eigenvalue weighted by atomic mass is 9.98. The lowest BCUT2D eigenvalue weighted by Gasteiger charge is -2.21. The Labute approximate surface area is 164 Å². The number of nitrogens with zero attached hydrogens (tertiary/aromatic N) is 2. The van der Waals surface area contributed by atoms with Crippen LogP contribution < -0.4 is 4.72 Å². The second-order valence-corrected chi connectivity index (χ2v) is 10.3. The lowest BCUT2D eigenvalue weighted by Crippen LogP contribution is -2.25. The molecule has 0 saturated carbocycles. The molecule has 1 aliphatic heterocycles. The molecule has 0 bridgehead atoms. The van der Waals surface area contributed by atoms with Crippen LogP contribution in [0.3, 0.4) is 0 Å². The van der Waals surface area contributed by atoms with Gasteiger partial charge in [-0.05, 0) is 30.7 Å². The van der Waals surface area contributed by atoms with E-state index in [1.165, 1.54) is 31.2 Å². The van der Waals surface area contributed by atoms with Crippen molar-refractivity contribution < 1.29 is 21.2 Å². The summed E-state index contributed by atoms with van der Waals surface area (Å²) in [5.74, 6) is -0.519. The van der Waals surface area contributed by atoms with Gasteiger partial charge in [0.25, 0.3) is 0 Å². The molecule has 0 amide bonds. The molecule has 2 aromatic carbocycles. The first kappa shape index (κ1) is 20.3. The molecular formula is C18H20FN3O4S2. The molecular weight excluding hydrogens is 405 g/mol. The Hall–Kier alpha value is -2.46. The number of anilines is 1. The van der Waals surface area contributed by atoms with Crippen molar-refractivity contribution in [3.05, 3.63) is 65.5 Å². The Kier molecular flexibility index (Phi) is 5.44. The third-order valence-electron chi connectivity index (χ3n) is 4.35. The van der Waals surface area contributed by atoms with Gasteiger partial charge in [0.05, 0.1) is 29.4 Å². The Morgan fingerprint density at radius 2 is 1.75 bits per heavy atom. The van der Waals surface area contributed by atoms with Crippen molar-refractivity contribution in [1.29, 1.82) is 0 Å². The number of sulfonamides is 2. The minimum absolute atomic E-state index is 0.0958. The summed E-state index contributed by atoms with van der Waals surface area (Å²) >= 11 is 0. The summed E-state index contributed by atoms with van der Waals surface area (Å²) in [6, 6.07) is 11.6. The molecule has 1 atom stereocenters. The zero-order chi connectivity index (χ0) is 20.5. The van der Waals surface area contributed by atoms with E-state index in [0.29, 0.717) is 22.5 Å². The van der Waals surface area contributed by atoms with Crippen LogP contribution in [0.1, 0.15) is 30.5 Å². The summed E-state index contributed by atoms with van der Waals surface area (Å²) in [4.78, 5) is 0. The highest BCUT2D eigenvalue weighted by atomic mass is 32.2. The Morgan fingerprint density at radius 3 is 2.36 bits per heavy atom. The second-order valence-electron chi connectivity index (χ2n) is 6.40. The van der Waals surface area contributed by atoms with Crippen LogP contribution in [-0.2, 0) is 20.0 Å². The van der Waals surface area contributed by atoms with Gasteiger partial charge in [0, 0.05) is 12.0 Å². The van der Waals surface area contributed by atoms with E-state index in [2.05, 4.69) is 9.82 Å². The molecule has 28 heavy (non-hydrogen) atoms. The fraction of sp³-hybridized carbons (Fsp3) is 0.278. The van der Waals surface area contributed by atoms with Gasteiger partial charge in [-0.1, -0.05) is 30.3 Å². The maximum Gasteiger partial charge on any atom is 0.247 e. The number of para-hydroxylation sites is 1. The smallest absolute Gasteiger partial charge is 0.247 e. The van der Waals surface area contributed by atoms with Crippen LogP contribution in [0, 0.1) is 5.82 Å². The molecule has 0 spiro atoms. The minimum Gasteiger partial charge on any atom is -0.283 e. The number of nitrogens with one attached hydrogen (secondary N) is 1. The molecule has 0 aromatic heterocycles. The Bertz CT molecular complexity index is 1110. The van der Waals surface area contributed by atoms with E-state index in [0.717, 1.165) is 10.7 Å². The van der Waals surface area contributed by atoms with Crippen LogP contribution in [0.25, 0.3) is 0 Å². The molecule has 1 N–H and O–H groups in total. The highest BCUT2D eigenvalue weighted by Crippen LogP contribution is 2.36. The Morgan fingerprint density at radius 1 is 1.11 bits per heavy atom. The molecule has 3 rings (SSSR count). The first-order valence-electron chi connectivity index (χ1n) is 8.53. The van der Waals surface area contributed by atoms with E-state index in [1.807, 2.05) is 0 Å². The van der Waals surface area contributed by atoms with Crippen molar-refractivity contribution in [3.63, 3.8) is 0 Å². The number of halogens is 1. The van der Waals surface area contributed by atoms with E-state index >= 15 is 0 Å².